The Morgan fingerprint density at radius 1 is 1.27 bits per heavy atom. The minimum absolute atomic E-state index is 0.777. The summed E-state index contributed by atoms with van der Waals surface area (Å²) in [4.78, 5) is 2.57. The molecule has 62 valence electrons. The molecule has 1 nitrogen and oxygen atoms in total. The molecule has 1 heteroatoms. The summed E-state index contributed by atoms with van der Waals surface area (Å²) in [5.74, 6) is 0.777. The lowest BCUT2D eigenvalue weighted by Crippen LogP contribution is -2.41. The molecule has 2 rings (SSSR count). The van der Waals surface area contributed by atoms with Crippen LogP contribution in [0.1, 0.15) is 25.7 Å². The highest BCUT2D eigenvalue weighted by atomic mass is 15.2. The van der Waals surface area contributed by atoms with Crippen LogP contribution in [-0.2, 0) is 0 Å². The van der Waals surface area contributed by atoms with Gasteiger partial charge in [0.05, 0.1) is 0 Å². The van der Waals surface area contributed by atoms with E-state index in [1.807, 2.05) is 0 Å². The number of piperidine rings is 1. The second kappa shape index (κ2) is 2.63. The van der Waals surface area contributed by atoms with E-state index in [4.69, 9.17) is 0 Å². The van der Waals surface area contributed by atoms with Gasteiger partial charge in [0.2, 0.25) is 0 Å². The van der Waals surface area contributed by atoms with Gasteiger partial charge in [-0.05, 0) is 38.6 Å². The van der Waals surface area contributed by atoms with Crippen LogP contribution in [0.2, 0.25) is 0 Å². The molecule has 0 aromatic heterocycles. The Morgan fingerprint density at radius 3 is 2.73 bits per heavy atom. The van der Waals surface area contributed by atoms with Crippen LogP contribution in [0.4, 0.5) is 0 Å². The zero-order valence-electron chi connectivity index (χ0n) is 7.29. The summed E-state index contributed by atoms with van der Waals surface area (Å²) >= 11 is 0. The fourth-order valence-corrected chi connectivity index (χ4v) is 2.76. The van der Waals surface area contributed by atoms with Gasteiger partial charge in [0.25, 0.3) is 0 Å². The lowest BCUT2D eigenvalue weighted by molar-refractivity contribution is 0.144. The van der Waals surface area contributed by atoms with Crippen LogP contribution >= 0.6 is 0 Å². The third-order valence-corrected chi connectivity index (χ3v) is 3.52. The monoisotopic (exact) mass is 151 g/mol. The van der Waals surface area contributed by atoms with Gasteiger partial charge in [-0.3, -0.25) is 4.90 Å². The van der Waals surface area contributed by atoms with E-state index in [0.717, 1.165) is 18.0 Å². The fourth-order valence-electron chi connectivity index (χ4n) is 2.76. The lowest BCUT2D eigenvalue weighted by Gasteiger charge is -2.36. The largest absolute Gasteiger partial charge is 0.300 e. The average Bonchev–Trinajstić information content (AvgIpc) is 2.31. The SMILES string of the molecule is C=C[C@H]1CCC2CCC1N2C. The molecular weight excluding hydrogens is 134 g/mol. The maximum Gasteiger partial charge on any atom is 0.0158 e. The summed E-state index contributed by atoms with van der Waals surface area (Å²) in [6.45, 7) is 3.91. The van der Waals surface area contributed by atoms with Crippen molar-refractivity contribution in [3.63, 3.8) is 0 Å². The average molecular weight is 151 g/mol. The molecule has 0 aromatic rings. The predicted molar refractivity (Wildman–Crippen MR) is 47.5 cm³/mol. The van der Waals surface area contributed by atoms with Gasteiger partial charge in [-0.15, -0.1) is 6.58 Å². The minimum Gasteiger partial charge on any atom is -0.300 e. The number of fused-ring (bicyclic) bond motifs is 2. The van der Waals surface area contributed by atoms with Crippen LogP contribution < -0.4 is 0 Å². The van der Waals surface area contributed by atoms with E-state index in [0.29, 0.717) is 0 Å². The maximum atomic E-state index is 3.91. The molecule has 0 N–H and O–H groups in total. The Morgan fingerprint density at radius 2 is 2.00 bits per heavy atom. The van der Waals surface area contributed by atoms with Gasteiger partial charge in [-0.25, -0.2) is 0 Å². The van der Waals surface area contributed by atoms with Crippen LogP contribution in [0.5, 0.6) is 0 Å². The summed E-state index contributed by atoms with van der Waals surface area (Å²) in [5, 5.41) is 0. The minimum atomic E-state index is 0.777. The molecule has 2 aliphatic heterocycles. The molecule has 2 bridgehead atoms. The van der Waals surface area contributed by atoms with E-state index >= 15 is 0 Å². The normalized spacial score (nSPS) is 44.3. The van der Waals surface area contributed by atoms with Gasteiger partial charge in [0, 0.05) is 12.1 Å². The Balaban J connectivity index is 2.13. The highest BCUT2D eigenvalue weighted by Crippen LogP contribution is 2.38. The molecule has 0 saturated carbocycles. The summed E-state index contributed by atoms with van der Waals surface area (Å²) in [7, 11) is 2.28. The smallest absolute Gasteiger partial charge is 0.0158 e. The Bertz CT molecular complexity index is 164. The molecule has 0 aliphatic carbocycles. The van der Waals surface area contributed by atoms with E-state index in [-0.39, 0.29) is 0 Å². The van der Waals surface area contributed by atoms with Crippen molar-refractivity contribution in [2.75, 3.05) is 7.05 Å². The molecule has 0 spiro atoms. The van der Waals surface area contributed by atoms with Gasteiger partial charge in [0.15, 0.2) is 0 Å². The van der Waals surface area contributed by atoms with E-state index in [1.54, 1.807) is 0 Å². The van der Waals surface area contributed by atoms with Crippen LogP contribution in [0, 0.1) is 5.92 Å². The molecule has 2 saturated heterocycles. The van der Waals surface area contributed by atoms with Crippen LogP contribution in [0.25, 0.3) is 0 Å². The van der Waals surface area contributed by atoms with E-state index in [1.165, 1.54) is 25.7 Å². The molecule has 11 heavy (non-hydrogen) atoms. The first-order valence-electron chi connectivity index (χ1n) is 4.67. The Hall–Kier alpha value is -0.300. The van der Waals surface area contributed by atoms with Crippen molar-refractivity contribution < 1.29 is 0 Å². The zero-order valence-corrected chi connectivity index (χ0v) is 7.29. The summed E-state index contributed by atoms with van der Waals surface area (Å²) in [5.41, 5.74) is 0. The number of nitrogens with zero attached hydrogens (tertiary/aromatic N) is 1. The first-order chi connectivity index (χ1) is 5.33. The molecule has 2 heterocycles. The molecule has 0 aromatic carbocycles. The van der Waals surface area contributed by atoms with Crippen molar-refractivity contribution in [2.24, 2.45) is 5.92 Å². The second-order valence-electron chi connectivity index (χ2n) is 3.94. The molecule has 2 fully saturated rings. The summed E-state index contributed by atoms with van der Waals surface area (Å²) in [6, 6.07) is 1.72. The zero-order chi connectivity index (χ0) is 7.84. The molecule has 2 unspecified atom stereocenters. The summed E-state index contributed by atoms with van der Waals surface area (Å²) < 4.78 is 0. The summed E-state index contributed by atoms with van der Waals surface area (Å²) in [6.07, 6.45) is 7.75. The van der Waals surface area contributed by atoms with Crippen molar-refractivity contribution in [3.05, 3.63) is 12.7 Å². The van der Waals surface area contributed by atoms with Crippen LogP contribution in [-0.4, -0.2) is 24.0 Å². The highest BCUT2D eigenvalue weighted by molar-refractivity contribution is 5.00. The standard InChI is InChI=1S/C10H17N/c1-3-8-4-5-9-6-7-10(8)11(9)2/h3,8-10H,1,4-7H2,2H3/t8-,9?,10?/m0/s1. The molecule has 2 aliphatic rings. The number of hydrogen-bond acceptors (Lipinski definition) is 1. The molecule has 0 radical (unpaired) electrons. The van der Waals surface area contributed by atoms with Crippen molar-refractivity contribution in [2.45, 2.75) is 37.8 Å². The van der Waals surface area contributed by atoms with E-state index in [9.17, 15) is 0 Å². The molecule has 3 atom stereocenters. The van der Waals surface area contributed by atoms with Gasteiger partial charge in [0.1, 0.15) is 0 Å². The first kappa shape index (κ1) is 7.35. The fraction of sp³-hybridized carbons (Fsp3) is 0.800. The first-order valence-corrected chi connectivity index (χ1v) is 4.67. The van der Waals surface area contributed by atoms with Crippen molar-refractivity contribution in [1.82, 2.24) is 4.90 Å². The van der Waals surface area contributed by atoms with Gasteiger partial charge >= 0.3 is 0 Å². The topological polar surface area (TPSA) is 3.24 Å². The number of hydrogen-bond donors (Lipinski definition) is 0. The van der Waals surface area contributed by atoms with E-state index < -0.39 is 0 Å². The number of rotatable bonds is 1. The highest BCUT2D eigenvalue weighted by Gasteiger charge is 2.38. The lowest BCUT2D eigenvalue weighted by atomic mass is 9.91. The van der Waals surface area contributed by atoms with Crippen LogP contribution in [0.15, 0.2) is 12.7 Å². The molecular formula is C10H17N. The quantitative estimate of drug-likeness (QED) is 0.518. The Labute approximate surface area is 69.1 Å². The third-order valence-electron chi connectivity index (χ3n) is 3.52. The Kier molecular flexibility index (Phi) is 1.76. The van der Waals surface area contributed by atoms with Gasteiger partial charge in [-0.2, -0.15) is 0 Å². The predicted octanol–water partition coefficient (Wildman–Crippen LogP) is 2.05. The van der Waals surface area contributed by atoms with Crippen LogP contribution in [0.3, 0.4) is 0 Å². The van der Waals surface area contributed by atoms with Gasteiger partial charge in [-0.1, -0.05) is 6.08 Å². The van der Waals surface area contributed by atoms with Crippen molar-refractivity contribution >= 4 is 0 Å². The third kappa shape index (κ3) is 1.02. The van der Waals surface area contributed by atoms with Gasteiger partial charge < -0.3 is 0 Å². The van der Waals surface area contributed by atoms with E-state index in [2.05, 4.69) is 24.6 Å². The second-order valence-corrected chi connectivity index (χ2v) is 3.94. The molecule has 0 amide bonds. The van der Waals surface area contributed by atoms with Crippen molar-refractivity contribution in [3.8, 4) is 0 Å². The van der Waals surface area contributed by atoms with Crippen molar-refractivity contribution in [1.29, 1.82) is 0 Å². The maximum absolute atomic E-state index is 3.91.